The van der Waals surface area contributed by atoms with Crippen LogP contribution in [0, 0.1) is 13.8 Å². The van der Waals surface area contributed by atoms with Crippen LogP contribution in [0.25, 0.3) is 10.9 Å². The standard InChI is InChI=1S/C16H19ClN2O/c1-10-7-12(17)8-13-15(10)18-11(2)14(16(13)20)9-19-5-3-4-6-19/h7-8H,3-6,9H2,1-2H3,(H,18,20). The first kappa shape index (κ1) is 13.7. The number of halogens is 1. The van der Waals surface area contributed by atoms with E-state index in [4.69, 9.17) is 11.6 Å². The zero-order valence-corrected chi connectivity index (χ0v) is 12.7. The maximum Gasteiger partial charge on any atom is 0.194 e. The van der Waals surface area contributed by atoms with Gasteiger partial charge in [-0.05, 0) is 57.5 Å². The first-order valence-electron chi connectivity index (χ1n) is 7.10. The zero-order chi connectivity index (χ0) is 14.3. The number of nitrogens with zero attached hydrogens (tertiary/aromatic N) is 1. The van der Waals surface area contributed by atoms with Crippen LogP contribution >= 0.6 is 11.6 Å². The van der Waals surface area contributed by atoms with Gasteiger partial charge in [-0.25, -0.2) is 0 Å². The van der Waals surface area contributed by atoms with Crippen LogP contribution in [0.1, 0.15) is 29.7 Å². The predicted octanol–water partition coefficient (Wildman–Crippen LogP) is 3.39. The third-order valence-corrected chi connectivity index (χ3v) is 4.38. The molecule has 3 rings (SSSR count). The van der Waals surface area contributed by atoms with Crippen LogP contribution in [0.15, 0.2) is 16.9 Å². The van der Waals surface area contributed by atoms with Crippen LogP contribution in [0.2, 0.25) is 5.02 Å². The van der Waals surface area contributed by atoms with E-state index in [-0.39, 0.29) is 5.43 Å². The Morgan fingerprint density at radius 2 is 1.95 bits per heavy atom. The molecule has 2 aromatic rings. The molecule has 0 amide bonds. The van der Waals surface area contributed by atoms with Crippen LogP contribution in [0.4, 0.5) is 0 Å². The van der Waals surface area contributed by atoms with E-state index in [1.165, 1.54) is 12.8 Å². The lowest BCUT2D eigenvalue weighted by Crippen LogP contribution is -2.25. The van der Waals surface area contributed by atoms with Gasteiger partial charge < -0.3 is 4.98 Å². The number of likely N-dealkylation sites (tertiary alicyclic amines) is 1. The molecule has 1 aromatic heterocycles. The van der Waals surface area contributed by atoms with E-state index in [0.717, 1.165) is 42.0 Å². The molecular weight excluding hydrogens is 272 g/mol. The number of nitrogens with one attached hydrogen (secondary N) is 1. The summed E-state index contributed by atoms with van der Waals surface area (Å²) in [5.74, 6) is 0. The first-order chi connectivity index (χ1) is 9.56. The number of fused-ring (bicyclic) bond motifs is 1. The van der Waals surface area contributed by atoms with Crippen molar-refractivity contribution in [3.8, 4) is 0 Å². The minimum atomic E-state index is 0.119. The molecule has 1 aliphatic heterocycles. The molecule has 1 N–H and O–H groups in total. The van der Waals surface area contributed by atoms with E-state index in [0.29, 0.717) is 10.4 Å². The predicted molar refractivity (Wildman–Crippen MR) is 83.6 cm³/mol. The summed E-state index contributed by atoms with van der Waals surface area (Å²) < 4.78 is 0. The number of aryl methyl sites for hydroxylation is 2. The Hall–Kier alpha value is -1.32. The van der Waals surface area contributed by atoms with Gasteiger partial charge in [-0.15, -0.1) is 0 Å². The van der Waals surface area contributed by atoms with Crippen LogP contribution in [0.5, 0.6) is 0 Å². The van der Waals surface area contributed by atoms with Crippen LogP contribution in [0.3, 0.4) is 0 Å². The van der Waals surface area contributed by atoms with Gasteiger partial charge in [0.05, 0.1) is 5.52 Å². The number of rotatable bonds is 2. The maximum atomic E-state index is 12.7. The van der Waals surface area contributed by atoms with Crippen LogP contribution in [-0.4, -0.2) is 23.0 Å². The highest BCUT2D eigenvalue weighted by molar-refractivity contribution is 6.31. The smallest absolute Gasteiger partial charge is 0.194 e. The molecule has 4 heteroatoms. The Morgan fingerprint density at radius 3 is 2.65 bits per heavy atom. The van der Waals surface area contributed by atoms with E-state index in [1.807, 2.05) is 19.9 Å². The molecule has 1 aromatic carbocycles. The lowest BCUT2D eigenvalue weighted by molar-refractivity contribution is 0.329. The van der Waals surface area contributed by atoms with Crippen molar-refractivity contribution in [3.05, 3.63) is 44.2 Å². The van der Waals surface area contributed by atoms with E-state index in [2.05, 4.69) is 9.88 Å². The quantitative estimate of drug-likeness (QED) is 0.920. The van der Waals surface area contributed by atoms with Crippen molar-refractivity contribution in [1.82, 2.24) is 9.88 Å². The summed E-state index contributed by atoms with van der Waals surface area (Å²) in [7, 11) is 0. The molecule has 2 heterocycles. The van der Waals surface area contributed by atoms with Crippen molar-refractivity contribution in [2.75, 3.05) is 13.1 Å². The fourth-order valence-corrected chi connectivity index (χ4v) is 3.31. The number of pyridine rings is 1. The largest absolute Gasteiger partial charge is 0.358 e. The Kier molecular flexibility index (Phi) is 3.57. The van der Waals surface area contributed by atoms with Gasteiger partial charge in [-0.2, -0.15) is 0 Å². The van der Waals surface area contributed by atoms with E-state index < -0.39 is 0 Å². The van der Waals surface area contributed by atoms with E-state index in [1.54, 1.807) is 6.07 Å². The summed E-state index contributed by atoms with van der Waals surface area (Å²) in [5, 5.41) is 1.33. The molecule has 3 nitrogen and oxygen atoms in total. The summed E-state index contributed by atoms with van der Waals surface area (Å²) in [6, 6.07) is 3.66. The lowest BCUT2D eigenvalue weighted by Gasteiger charge is -2.17. The van der Waals surface area contributed by atoms with Crippen LogP contribution < -0.4 is 5.43 Å². The number of H-pyrrole nitrogens is 1. The van der Waals surface area contributed by atoms with Crippen molar-refractivity contribution in [1.29, 1.82) is 0 Å². The van der Waals surface area contributed by atoms with Gasteiger partial charge in [0.15, 0.2) is 5.43 Å². The topological polar surface area (TPSA) is 36.1 Å². The Labute approximate surface area is 123 Å². The van der Waals surface area contributed by atoms with Gasteiger partial charge in [-0.1, -0.05) is 11.6 Å². The fourth-order valence-electron chi connectivity index (χ4n) is 3.04. The molecular formula is C16H19ClN2O. The number of benzene rings is 1. The third-order valence-electron chi connectivity index (χ3n) is 4.16. The average molecular weight is 291 g/mol. The van der Waals surface area contributed by atoms with Gasteiger partial charge in [0.2, 0.25) is 0 Å². The van der Waals surface area contributed by atoms with Crippen molar-refractivity contribution in [2.45, 2.75) is 33.2 Å². The minimum Gasteiger partial charge on any atom is -0.358 e. The normalized spacial score (nSPS) is 16.1. The number of hydrogen-bond acceptors (Lipinski definition) is 2. The molecule has 1 aliphatic rings. The molecule has 0 saturated carbocycles. The van der Waals surface area contributed by atoms with Crippen molar-refractivity contribution < 1.29 is 0 Å². The average Bonchev–Trinajstić information content (AvgIpc) is 2.89. The Balaban J connectivity index is 2.15. The second kappa shape index (κ2) is 5.23. The van der Waals surface area contributed by atoms with Crippen molar-refractivity contribution in [2.24, 2.45) is 0 Å². The summed E-state index contributed by atoms with van der Waals surface area (Å²) in [4.78, 5) is 18.5. The summed E-state index contributed by atoms with van der Waals surface area (Å²) in [5.41, 5.74) is 3.89. The lowest BCUT2D eigenvalue weighted by atomic mass is 10.1. The molecule has 0 spiro atoms. The summed E-state index contributed by atoms with van der Waals surface area (Å²) in [6.07, 6.45) is 2.46. The van der Waals surface area contributed by atoms with Crippen molar-refractivity contribution >= 4 is 22.5 Å². The van der Waals surface area contributed by atoms with E-state index >= 15 is 0 Å². The molecule has 0 atom stereocenters. The second-order valence-corrected chi connectivity index (χ2v) is 6.12. The number of aromatic amines is 1. The first-order valence-corrected chi connectivity index (χ1v) is 7.48. The maximum absolute atomic E-state index is 12.7. The molecule has 0 bridgehead atoms. The van der Waals surface area contributed by atoms with Crippen LogP contribution in [-0.2, 0) is 6.54 Å². The monoisotopic (exact) mass is 290 g/mol. The van der Waals surface area contributed by atoms with Gasteiger partial charge >= 0.3 is 0 Å². The Morgan fingerprint density at radius 1 is 1.25 bits per heavy atom. The zero-order valence-electron chi connectivity index (χ0n) is 11.9. The molecule has 20 heavy (non-hydrogen) atoms. The molecule has 1 fully saturated rings. The highest BCUT2D eigenvalue weighted by Gasteiger charge is 2.17. The van der Waals surface area contributed by atoms with E-state index in [9.17, 15) is 4.79 Å². The molecule has 106 valence electrons. The SMILES string of the molecule is Cc1[nH]c2c(C)cc(Cl)cc2c(=O)c1CN1CCCC1. The Bertz CT molecular complexity index is 714. The summed E-state index contributed by atoms with van der Waals surface area (Å²) in [6.45, 7) is 6.88. The summed E-state index contributed by atoms with van der Waals surface area (Å²) >= 11 is 6.10. The molecule has 0 radical (unpaired) electrons. The third kappa shape index (κ3) is 2.36. The highest BCUT2D eigenvalue weighted by Crippen LogP contribution is 2.22. The fraction of sp³-hybridized carbons (Fsp3) is 0.438. The van der Waals surface area contributed by atoms with Crippen molar-refractivity contribution in [3.63, 3.8) is 0 Å². The van der Waals surface area contributed by atoms with Gasteiger partial charge in [0.1, 0.15) is 0 Å². The highest BCUT2D eigenvalue weighted by atomic mass is 35.5. The van der Waals surface area contributed by atoms with Gasteiger partial charge in [0.25, 0.3) is 0 Å². The minimum absolute atomic E-state index is 0.119. The van der Waals surface area contributed by atoms with Gasteiger partial charge in [0, 0.05) is 28.2 Å². The number of hydrogen-bond donors (Lipinski definition) is 1. The number of aromatic nitrogens is 1. The molecule has 1 saturated heterocycles. The van der Waals surface area contributed by atoms with Gasteiger partial charge in [-0.3, -0.25) is 9.69 Å². The second-order valence-electron chi connectivity index (χ2n) is 5.69. The molecule has 0 aliphatic carbocycles. The molecule has 0 unspecified atom stereocenters.